The Morgan fingerprint density at radius 1 is 1.75 bits per heavy atom. The first kappa shape index (κ1) is 9.17. The van der Waals surface area contributed by atoms with E-state index < -0.39 is 16.8 Å². The van der Waals surface area contributed by atoms with Crippen LogP contribution in [0.4, 0.5) is 0 Å². The van der Waals surface area contributed by atoms with Crippen molar-refractivity contribution in [3.05, 3.63) is 12.4 Å². The van der Waals surface area contributed by atoms with Crippen LogP contribution in [0.5, 0.6) is 0 Å². The molecule has 1 aromatic rings. The molecule has 1 heterocycles. The van der Waals surface area contributed by atoms with Crippen molar-refractivity contribution in [2.24, 2.45) is 7.05 Å². The topological polar surface area (TPSA) is 84.2 Å². The normalized spacial score (nSPS) is 11.8. The van der Waals surface area contributed by atoms with Crippen LogP contribution < -0.4 is 4.72 Å². The minimum Gasteiger partial charge on any atom is -0.380 e. The fraction of sp³-hybridized carbons (Fsp3) is 0.400. The summed E-state index contributed by atoms with van der Waals surface area (Å²) >= 11 is 0. The van der Waals surface area contributed by atoms with Crippen LogP contribution >= 0.6 is 0 Å². The SMILES string of the molecule is Cn1cc(S(=O)(=O)NCO)cn1. The highest BCUT2D eigenvalue weighted by molar-refractivity contribution is 7.89. The molecule has 0 aliphatic heterocycles. The third-order valence-electron chi connectivity index (χ3n) is 1.25. The van der Waals surface area contributed by atoms with Gasteiger partial charge >= 0.3 is 0 Å². The van der Waals surface area contributed by atoms with Gasteiger partial charge in [0.2, 0.25) is 10.0 Å². The van der Waals surface area contributed by atoms with Crippen LogP contribution in [0.25, 0.3) is 0 Å². The number of nitrogens with one attached hydrogen (secondary N) is 1. The molecule has 0 aromatic carbocycles. The Balaban J connectivity index is 2.98. The first-order chi connectivity index (χ1) is 5.56. The Morgan fingerprint density at radius 3 is 2.83 bits per heavy atom. The molecule has 0 saturated heterocycles. The molecule has 68 valence electrons. The van der Waals surface area contributed by atoms with E-state index in [1.807, 2.05) is 4.72 Å². The predicted octanol–water partition coefficient (Wildman–Crippen LogP) is -1.35. The van der Waals surface area contributed by atoms with E-state index >= 15 is 0 Å². The number of hydrogen-bond acceptors (Lipinski definition) is 4. The number of aliphatic hydroxyl groups excluding tert-OH is 1. The Kier molecular flexibility index (Phi) is 2.46. The summed E-state index contributed by atoms with van der Waals surface area (Å²) in [6.07, 6.45) is 2.55. The minimum absolute atomic E-state index is 0.0408. The van der Waals surface area contributed by atoms with Crippen LogP contribution in [-0.2, 0) is 17.1 Å². The van der Waals surface area contributed by atoms with Gasteiger partial charge in [0.25, 0.3) is 0 Å². The average molecular weight is 191 g/mol. The van der Waals surface area contributed by atoms with E-state index in [0.29, 0.717) is 0 Å². The molecular weight excluding hydrogens is 182 g/mol. The maximum absolute atomic E-state index is 11.1. The molecule has 1 aromatic heterocycles. The van der Waals surface area contributed by atoms with Crippen molar-refractivity contribution in [3.8, 4) is 0 Å². The Hall–Kier alpha value is -0.920. The third-order valence-corrected chi connectivity index (χ3v) is 2.59. The zero-order valence-corrected chi connectivity index (χ0v) is 7.24. The van der Waals surface area contributed by atoms with Gasteiger partial charge in [-0.05, 0) is 0 Å². The number of aromatic nitrogens is 2. The fourth-order valence-corrected chi connectivity index (χ4v) is 1.52. The van der Waals surface area contributed by atoms with E-state index in [1.165, 1.54) is 17.1 Å². The molecule has 0 saturated carbocycles. The number of sulfonamides is 1. The molecule has 6 nitrogen and oxygen atoms in total. The maximum Gasteiger partial charge on any atom is 0.245 e. The summed E-state index contributed by atoms with van der Waals surface area (Å²) in [6, 6.07) is 0. The maximum atomic E-state index is 11.1. The second kappa shape index (κ2) is 3.21. The molecule has 0 radical (unpaired) electrons. The summed E-state index contributed by atoms with van der Waals surface area (Å²) in [5.41, 5.74) is 0. The highest BCUT2D eigenvalue weighted by Crippen LogP contribution is 2.04. The van der Waals surface area contributed by atoms with Crippen LogP contribution in [0.1, 0.15) is 0 Å². The molecule has 0 bridgehead atoms. The molecule has 2 N–H and O–H groups in total. The molecule has 0 aliphatic carbocycles. The molecule has 0 fully saturated rings. The third kappa shape index (κ3) is 1.81. The van der Waals surface area contributed by atoms with Crippen LogP contribution in [-0.4, -0.2) is 30.0 Å². The van der Waals surface area contributed by atoms with Gasteiger partial charge < -0.3 is 5.11 Å². The number of aliphatic hydroxyl groups is 1. The largest absolute Gasteiger partial charge is 0.380 e. The molecule has 1 rings (SSSR count). The zero-order valence-electron chi connectivity index (χ0n) is 6.43. The summed E-state index contributed by atoms with van der Waals surface area (Å²) in [6.45, 7) is -0.614. The van der Waals surface area contributed by atoms with E-state index in [-0.39, 0.29) is 4.90 Å². The lowest BCUT2D eigenvalue weighted by Gasteiger charge is -1.98. The first-order valence-electron chi connectivity index (χ1n) is 3.15. The van der Waals surface area contributed by atoms with Crippen molar-refractivity contribution in [1.82, 2.24) is 14.5 Å². The lowest BCUT2D eigenvalue weighted by molar-refractivity contribution is 0.288. The van der Waals surface area contributed by atoms with Crippen LogP contribution in [0, 0.1) is 0 Å². The summed E-state index contributed by atoms with van der Waals surface area (Å²) in [5, 5.41) is 12.0. The molecule has 0 unspecified atom stereocenters. The van der Waals surface area contributed by atoms with Gasteiger partial charge in [-0.1, -0.05) is 0 Å². The van der Waals surface area contributed by atoms with Crippen LogP contribution in [0.2, 0.25) is 0 Å². The Labute approximate surface area is 69.9 Å². The van der Waals surface area contributed by atoms with Gasteiger partial charge in [-0.3, -0.25) is 4.68 Å². The molecule has 0 amide bonds. The zero-order chi connectivity index (χ0) is 9.19. The number of rotatable bonds is 3. The number of nitrogens with zero attached hydrogens (tertiary/aromatic N) is 2. The second-order valence-corrected chi connectivity index (χ2v) is 3.92. The van der Waals surface area contributed by atoms with Gasteiger partial charge in [0.15, 0.2) is 0 Å². The van der Waals surface area contributed by atoms with Crippen molar-refractivity contribution in [1.29, 1.82) is 0 Å². The highest BCUT2D eigenvalue weighted by atomic mass is 32.2. The van der Waals surface area contributed by atoms with Gasteiger partial charge in [0.1, 0.15) is 11.6 Å². The molecule has 0 aliphatic rings. The average Bonchev–Trinajstić information content (AvgIpc) is 2.36. The van der Waals surface area contributed by atoms with E-state index in [0.717, 1.165) is 0 Å². The standard InChI is InChI=1S/C5H9N3O3S/c1-8-3-5(2-6-8)12(10,11)7-4-9/h2-3,7,9H,4H2,1H3. The summed E-state index contributed by atoms with van der Waals surface area (Å²) < 4.78 is 25.5. The molecular formula is C5H9N3O3S. The smallest absolute Gasteiger partial charge is 0.245 e. The van der Waals surface area contributed by atoms with E-state index in [1.54, 1.807) is 7.05 Å². The minimum atomic E-state index is -3.57. The van der Waals surface area contributed by atoms with Gasteiger partial charge in [-0.25, -0.2) is 8.42 Å². The molecule has 7 heteroatoms. The second-order valence-electron chi connectivity index (χ2n) is 2.16. The summed E-state index contributed by atoms with van der Waals surface area (Å²) in [7, 11) is -1.96. The van der Waals surface area contributed by atoms with Gasteiger partial charge in [-0.2, -0.15) is 9.82 Å². The van der Waals surface area contributed by atoms with Crippen molar-refractivity contribution in [2.75, 3.05) is 6.73 Å². The summed E-state index contributed by atoms with van der Waals surface area (Å²) in [5.74, 6) is 0. The highest BCUT2D eigenvalue weighted by Gasteiger charge is 2.13. The van der Waals surface area contributed by atoms with Gasteiger partial charge in [0.05, 0.1) is 6.20 Å². The monoisotopic (exact) mass is 191 g/mol. The molecule has 0 atom stereocenters. The number of aryl methyl sites for hydroxylation is 1. The summed E-state index contributed by atoms with van der Waals surface area (Å²) in [4.78, 5) is 0.0408. The van der Waals surface area contributed by atoms with Crippen LogP contribution in [0.3, 0.4) is 0 Å². The van der Waals surface area contributed by atoms with Crippen molar-refractivity contribution < 1.29 is 13.5 Å². The lowest BCUT2D eigenvalue weighted by atomic mass is 10.7. The molecule has 12 heavy (non-hydrogen) atoms. The number of hydrogen-bond donors (Lipinski definition) is 2. The lowest BCUT2D eigenvalue weighted by Crippen LogP contribution is -2.24. The van der Waals surface area contributed by atoms with E-state index in [9.17, 15) is 8.42 Å². The predicted molar refractivity (Wildman–Crippen MR) is 40.6 cm³/mol. The van der Waals surface area contributed by atoms with Crippen LogP contribution in [0.15, 0.2) is 17.3 Å². The Bertz CT molecular complexity index is 356. The first-order valence-corrected chi connectivity index (χ1v) is 4.64. The Morgan fingerprint density at radius 2 is 2.42 bits per heavy atom. The van der Waals surface area contributed by atoms with E-state index in [2.05, 4.69) is 5.10 Å². The quantitative estimate of drug-likeness (QED) is 0.578. The van der Waals surface area contributed by atoms with Crippen molar-refractivity contribution in [2.45, 2.75) is 4.90 Å². The van der Waals surface area contributed by atoms with Gasteiger partial charge in [-0.15, -0.1) is 0 Å². The van der Waals surface area contributed by atoms with E-state index in [4.69, 9.17) is 5.11 Å². The fourth-order valence-electron chi connectivity index (χ4n) is 0.706. The van der Waals surface area contributed by atoms with Gasteiger partial charge in [0, 0.05) is 13.2 Å². The molecule has 0 spiro atoms. The van der Waals surface area contributed by atoms with Crippen molar-refractivity contribution >= 4 is 10.0 Å². The van der Waals surface area contributed by atoms with Crippen molar-refractivity contribution in [3.63, 3.8) is 0 Å².